The third-order valence-corrected chi connectivity index (χ3v) is 13.0. The number of fused-ring (bicyclic) bond motifs is 2. The number of piperidine rings is 2. The number of anilines is 4. The fraction of sp³-hybridized carbons (Fsp3) is 0.571. The molecule has 8 rings (SSSR count). The van der Waals surface area contributed by atoms with Gasteiger partial charge in [-0.25, -0.2) is 31.1 Å². The van der Waals surface area contributed by atoms with Crippen molar-refractivity contribution in [2.24, 2.45) is 11.8 Å². The number of nitrogens with zero attached hydrogens (tertiary/aromatic N) is 3. The van der Waals surface area contributed by atoms with Gasteiger partial charge in [0, 0.05) is 42.3 Å². The van der Waals surface area contributed by atoms with E-state index in [1.54, 1.807) is 4.90 Å². The summed E-state index contributed by atoms with van der Waals surface area (Å²) in [7, 11) is 0. The highest BCUT2D eigenvalue weighted by Gasteiger charge is 2.41. The zero-order valence-corrected chi connectivity index (χ0v) is 40.1. The first-order valence-electron chi connectivity index (χ1n) is 22.8. The first-order chi connectivity index (χ1) is 30.4. The highest BCUT2D eigenvalue weighted by atomic mass is 35.5. The molecular weight excluding hydrogens is 886 g/mol. The molecule has 17 heteroatoms. The van der Waals surface area contributed by atoms with E-state index in [1.807, 2.05) is 48.5 Å². The van der Waals surface area contributed by atoms with Crippen molar-refractivity contribution in [1.29, 1.82) is 0 Å². The average molecular weight is 952 g/mol. The van der Waals surface area contributed by atoms with Crippen molar-refractivity contribution in [3.05, 3.63) is 82.4 Å². The minimum atomic E-state index is -0.977. The van der Waals surface area contributed by atoms with E-state index in [0.29, 0.717) is 35.8 Å². The Labute approximate surface area is 390 Å². The molecule has 4 heterocycles. The van der Waals surface area contributed by atoms with Gasteiger partial charge in [-0.3, -0.25) is 9.59 Å². The van der Waals surface area contributed by atoms with E-state index in [2.05, 4.69) is 24.5 Å². The van der Waals surface area contributed by atoms with Crippen LogP contribution >= 0.6 is 12.4 Å². The second-order valence-corrected chi connectivity index (χ2v) is 20.0. The van der Waals surface area contributed by atoms with Crippen LogP contribution in [0.1, 0.15) is 118 Å². The van der Waals surface area contributed by atoms with Crippen LogP contribution in [-0.4, -0.2) is 70.7 Å². The molecule has 0 spiro atoms. The Bertz CT molecular complexity index is 2130. The summed E-state index contributed by atoms with van der Waals surface area (Å²) in [6.45, 7) is 17.7. The van der Waals surface area contributed by atoms with Gasteiger partial charge < -0.3 is 35.8 Å². The number of halogens is 7. The number of nitrogens with two attached hydrogens (primary N) is 1. The molecule has 2 saturated heterocycles. The van der Waals surface area contributed by atoms with E-state index in [9.17, 15) is 40.7 Å². The molecule has 4 aliphatic heterocycles. The summed E-state index contributed by atoms with van der Waals surface area (Å²) in [5, 5.41) is 6.40. The highest BCUT2D eigenvalue weighted by Crippen LogP contribution is 2.41. The van der Waals surface area contributed by atoms with Crippen molar-refractivity contribution in [2.45, 2.75) is 168 Å². The lowest BCUT2D eigenvalue weighted by atomic mass is 9.80. The second-order valence-electron chi connectivity index (χ2n) is 20.0. The highest BCUT2D eigenvalue weighted by molar-refractivity contribution is 6.03. The van der Waals surface area contributed by atoms with Gasteiger partial charge in [0.1, 0.15) is 5.60 Å². The largest absolute Gasteiger partial charge is 0.444 e. The predicted molar refractivity (Wildman–Crippen MR) is 248 cm³/mol. The number of hydrogen-bond acceptors (Lipinski definition) is 7. The lowest BCUT2D eigenvalue weighted by molar-refractivity contribution is -0.118. The van der Waals surface area contributed by atoms with Crippen LogP contribution in [0.25, 0.3) is 0 Å². The number of benzene rings is 3. The number of nitrogen functional groups attached to an aromatic ring is 1. The maximum absolute atomic E-state index is 14.1. The molecule has 1 saturated carbocycles. The van der Waals surface area contributed by atoms with E-state index in [1.165, 1.54) is 28.0 Å². The minimum absolute atomic E-state index is 0. The molecule has 3 fully saturated rings. The third kappa shape index (κ3) is 11.7. The van der Waals surface area contributed by atoms with Gasteiger partial charge in [0.2, 0.25) is 11.8 Å². The number of carbonyl (C=O) groups is 3. The molecule has 10 nitrogen and oxygen atoms in total. The Morgan fingerprint density at radius 2 is 1.08 bits per heavy atom. The van der Waals surface area contributed by atoms with E-state index in [-0.39, 0.29) is 108 Å². The number of rotatable bonds is 4. The van der Waals surface area contributed by atoms with E-state index >= 15 is 0 Å². The van der Waals surface area contributed by atoms with E-state index in [0.717, 1.165) is 50.3 Å². The van der Waals surface area contributed by atoms with Crippen molar-refractivity contribution in [3.63, 3.8) is 0 Å². The molecule has 66 heavy (non-hydrogen) atoms. The normalized spacial score (nSPS) is 27.1. The molecular formula is C49H65ClF6N6O4. The monoisotopic (exact) mass is 950 g/mol. The lowest BCUT2D eigenvalue weighted by Crippen LogP contribution is -2.54. The van der Waals surface area contributed by atoms with Gasteiger partial charge in [0.15, 0.2) is 34.9 Å². The summed E-state index contributed by atoms with van der Waals surface area (Å²) in [5.41, 5.74) is 6.88. The molecule has 0 radical (unpaired) electrons. The van der Waals surface area contributed by atoms with Gasteiger partial charge in [-0.15, -0.1) is 12.4 Å². The summed E-state index contributed by atoms with van der Waals surface area (Å²) >= 11 is 0. The molecule has 1 aliphatic carbocycles. The van der Waals surface area contributed by atoms with Crippen LogP contribution < -0.4 is 26.2 Å². The number of nitrogens with one attached hydrogen (secondary N) is 2. The zero-order chi connectivity index (χ0) is 47.8. The van der Waals surface area contributed by atoms with Gasteiger partial charge >= 0.3 is 6.09 Å². The zero-order valence-electron chi connectivity index (χ0n) is 39.3. The third-order valence-electron chi connectivity index (χ3n) is 13.0. The number of ether oxygens (including phenoxy) is 1. The van der Waals surface area contributed by atoms with Crippen LogP contribution in [0.15, 0.2) is 36.4 Å². The maximum Gasteiger partial charge on any atom is 0.410 e. The van der Waals surface area contributed by atoms with Crippen LogP contribution in [0.3, 0.4) is 0 Å². The van der Waals surface area contributed by atoms with Crippen molar-refractivity contribution < 1.29 is 45.5 Å². The van der Waals surface area contributed by atoms with Crippen LogP contribution in [-0.2, 0) is 27.2 Å². The molecule has 6 atom stereocenters. The van der Waals surface area contributed by atoms with Crippen LogP contribution in [0.4, 0.5) is 53.9 Å². The Morgan fingerprint density at radius 1 is 0.652 bits per heavy atom. The van der Waals surface area contributed by atoms with E-state index < -0.39 is 40.5 Å². The predicted octanol–water partition coefficient (Wildman–Crippen LogP) is 10.6. The van der Waals surface area contributed by atoms with Crippen LogP contribution in [0, 0.1) is 46.7 Å². The number of amides is 3. The van der Waals surface area contributed by atoms with Crippen LogP contribution in [0.5, 0.6) is 0 Å². The average Bonchev–Trinajstić information content (AvgIpc) is 3.73. The SMILES string of the molecule is CC1CC(C)CC(N2C(=O)Cc3ccc(F)c(F)c32)C1.CC1CC(N2C(=O)Cc3ccc(F)c(F)c32)CC(C)N1.CC1CC(Nc2c(N)ccc(F)c2F)CC(C)N1C(=O)OC(C)(C)C.Cl. The fourth-order valence-electron chi connectivity index (χ4n) is 10.6. The molecule has 6 unspecified atom stereocenters. The molecule has 3 aromatic carbocycles. The van der Waals surface area contributed by atoms with Gasteiger partial charge in [-0.1, -0.05) is 26.0 Å². The Balaban J connectivity index is 0.000000186. The summed E-state index contributed by atoms with van der Waals surface area (Å²) in [6, 6.07) is 7.72. The minimum Gasteiger partial charge on any atom is -0.444 e. The quantitative estimate of drug-likeness (QED) is 0.176. The fourth-order valence-corrected chi connectivity index (χ4v) is 10.6. The second kappa shape index (κ2) is 21.1. The molecule has 4 N–H and O–H groups in total. The topological polar surface area (TPSA) is 120 Å². The Morgan fingerprint density at radius 3 is 1.53 bits per heavy atom. The standard InChI is InChI=1S/C18H27F2N3O2.C16H19F2NO.C15H18F2N2O.ClH/c1-10-8-12(22-16-14(21)7-6-13(19)15(16)20)9-11(2)23(10)17(24)25-18(3,4)5;1-9-5-10(2)7-12(6-9)19-14(20)8-11-3-4-13(17)15(18)16(11)19;1-8-5-11(6-9(2)18-8)19-13(20)7-10-3-4-12(16)14(17)15(10)19;/h6-7,10-12,22H,8-9,21H2,1-5H3;3-4,9-10,12H,5-8H2,1-2H3;3-4,8-9,11,18H,5-7H2,1-2H3;1H. The Hall–Kier alpha value is -4.70. The number of carbonyl (C=O) groups excluding carboxylic acids is 3. The molecule has 3 aromatic rings. The summed E-state index contributed by atoms with van der Waals surface area (Å²) in [5.74, 6) is -4.66. The van der Waals surface area contributed by atoms with Crippen molar-refractivity contribution in [2.75, 3.05) is 20.9 Å². The number of hydrogen-bond donors (Lipinski definition) is 3. The van der Waals surface area contributed by atoms with Gasteiger partial charge in [-0.2, -0.15) is 0 Å². The summed E-state index contributed by atoms with van der Waals surface area (Å²) in [6.07, 6.45) is 5.54. The lowest BCUT2D eigenvalue weighted by Gasteiger charge is -2.43. The first-order valence-corrected chi connectivity index (χ1v) is 22.8. The van der Waals surface area contributed by atoms with Crippen molar-refractivity contribution in [1.82, 2.24) is 10.2 Å². The van der Waals surface area contributed by atoms with Crippen molar-refractivity contribution in [3.8, 4) is 0 Å². The summed E-state index contributed by atoms with van der Waals surface area (Å²) < 4.78 is 88.1. The summed E-state index contributed by atoms with van der Waals surface area (Å²) in [4.78, 5) is 41.6. The molecule has 5 aliphatic rings. The Kier molecular flexibility index (Phi) is 16.7. The molecule has 364 valence electrons. The van der Waals surface area contributed by atoms with E-state index in [4.69, 9.17) is 10.5 Å². The molecule has 0 bridgehead atoms. The van der Waals surface area contributed by atoms with Gasteiger partial charge in [0.05, 0.1) is 35.6 Å². The van der Waals surface area contributed by atoms with Crippen molar-refractivity contribution >= 4 is 53.1 Å². The smallest absolute Gasteiger partial charge is 0.410 e. The van der Waals surface area contributed by atoms with Crippen LogP contribution in [0.2, 0.25) is 0 Å². The van der Waals surface area contributed by atoms with Gasteiger partial charge in [-0.05, 0) is 141 Å². The maximum atomic E-state index is 14.1. The van der Waals surface area contributed by atoms with Gasteiger partial charge in [0.25, 0.3) is 0 Å². The first kappa shape index (κ1) is 52.3. The molecule has 0 aromatic heterocycles. The molecule has 3 amide bonds. The number of likely N-dealkylation sites (tertiary alicyclic amines) is 1.